The number of hydrogen-bond acceptors (Lipinski definition) is 4. The first kappa shape index (κ1) is 25.9. The lowest BCUT2D eigenvalue weighted by Gasteiger charge is -2.26. The highest BCUT2D eigenvalue weighted by atomic mass is 35.5. The molecule has 3 aromatic carbocycles. The SMILES string of the molecule is CN(C)CCN1C(=O)[C@@H](NC(=O)CCc2ccc(Cl)cc2Cl)N=C(c2ccccc2)c2ccccc21. The summed E-state index contributed by atoms with van der Waals surface area (Å²) < 4.78 is 0. The zero-order chi connectivity index (χ0) is 25.7. The van der Waals surface area contributed by atoms with E-state index in [1.807, 2.05) is 73.6 Å². The Labute approximate surface area is 221 Å². The zero-order valence-electron chi connectivity index (χ0n) is 20.2. The van der Waals surface area contributed by atoms with E-state index in [9.17, 15) is 9.59 Å². The first-order chi connectivity index (χ1) is 17.3. The Bertz CT molecular complexity index is 1280. The largest absolute Gasteiger partial charge is 0.327 e. The lowest BCUT2D eigenvalue weighted by atomic mass is 10.0. The molecule has 36 heavy (non-hydrogen) atoms. The van der Waals surface area contributed by atoms with Gasteiger partial charge >= 0.3 is 0 Å². The number of aliphatic imine (C=N–C) groups is 1. The van der Waals surface area contributed by atoms with Crippen molar-refractivity contribution in [1.82, 2.24) is 10.2 Å². The minimum Gasteiger partial charge on any atom is -0.327 e. The fourth-order valence-electron chi connectivity index (χ4n) is 4.08. The van der Waals surface area contributed by atoms with Gasteiger partial charge in [0.05, 0.1) is 11.4 Å². The summed E-state index contributed by atoms with van der Waals surface area (Å²) in [5, 5.41) is 3.91. The molecule has 0 fully saturated rings. The highest BCUT2D eigenvalue weighted by Crippen LogP contribution is 2.28. The maximum Gasteiger partial charge on any atom is 0.272 e. The van der Waals surface area contributed by atoms with E-state index < -0.39 is 6.17 Å². The quantitative estimate of drug-likeness (QED) is 0.461. The smallest absolute Gasteiger partial charge is 0.272 e. The molecule has 1 aliphatic heterocycles. The Morgan fingerprint density at radius 3 is 2.47 bits per heavy atom. The number of hydrogen-bond donors (Lipinski definition) is 1. The summed E-state index contributed by atoms with van der Waals surface area (Å²) >= 11 is 12.2. The number of carbonyl (C=O) groups is 2. The molecule has 0 aliphatic carbocycles. The molecule has 0 saturated heterocycles. The number of benzene rings is 3. The third-order valence-corrected chi connectivity index (χ3v) is 6.55. The fourth-order valence-corrected chi connectivity index (χ4v) is 4.58. The number of nitrogens with one attached hydrogen (secondary N) is 1. The molecule has 1 heterocycles. The summed E-state index contributed by atoms with van der Waals surface area (Å²) in [5.41, 5.74) is 3.98. The Hall–Kier alpha value is -3.19. The van der Waals surface area contributed by atoms with Gasteiger partial charge in [-0.3, -0.25) is 9.59 Å². The lowest BCUT2D eigenvalue weighted by molar-refractivity contribution is -0.127. The molecular weight excluding hydrogens is 495 g/mol. The van der Waals surface area contributed by atoms with Crippen LogP contribution in [0.25, 0.3) is 0 Å². The summed E-state index contributed by atoms with van der Waals surface area (Å²) in [6, 6.07) is 22.6. The van der Waals surface area contributed by atoms with Gasteiger partial charge in [0.1, 0.15) is 0 Å². The minimum atomic E-state index is -1.05. The van der Waals surface area contributed by atoms with Gasteiger partial charge in [-0.05, 0) is 44.3 Å². The number of para-hydroxylation sites is 1. The van der Waals surface area contributed by atoms with Crippen molar-refractivity contribution in [3.05, 3.63) is 99.5 Å². The van der Waals surface area contributed by atoms with Crippen molar-refractivity contribution in [2.75, 3.05) is 32.1 Å². The number of likely N-dealkylation sites (N-methyl/N-ethyl adjacent to an activating group) is 1. The Balaban J connectivity index is 1.64. The lowest BCUT2D eigenvalue weighted by Crippen LogP contribution is -2.49. The highest BCUT2D eigenvalue weighted by Gasteiger charge is 2.32. The van der Waals surface area contributed by atoms with Crippen LogP contribution < -0.4 is 10.2 Å². The molecule has 8 heteroatoms. The number of amides is 2. The number of fused-ring (bicyclic) bond motifs is 1. The summed E-state index contributed by atoms with van der Waals surface area (Å²) in [4.78, 5) is 35.3. The molecule has 0 bridgehead atoms. The van der Waals surface area contributed by atoms with Crippen LogP contribution in [0, 0.1) is 0 Å². The molecule has 0 radical (unpaired) electrons. The number of carbonyl (C=O) groups excluding carboxylic acids is 2. The highest BCUT2D eigenvalue weighted by molar-refractivity contribution is 6.35. The van der Waals surface area contributed by atoms with Crippen molar-refractivity contribution in [1.29, 1.82) is 0 Å². The van der Waals surface area contributed by atoms with Gasteiger partial charge in [-0.2, -0.15) is 0 Å². The fraction of sp³-hybridized carbons (Fsp3) is 0.250. The average Bonchev–Trinajstić information content (AvgIpc) is 2.97. The number of nitrogens with zero attached hydrogens (tertiary/aromatic N) is 3. The zero-order valence-corrected chi connectivity index (χ0v) is 21.8. The van der Waals surface area contributed by atoms with Crippen LogP contribution in [0.1, 0.15) is 23.1 Å². The van der Waals surface area contributed by atoms with Crippen LogP contribution in [0.4, 0.5) is 5.69 Å². The van der Waals surface area contributed by atoms with Crippen LogP contribution >= 0.6 is 23.2 Å². The summed E-state index contributed by atoms with van der Waals surface area (Å²) in [5.74, 6) is -0.554. The molecular formula is C28H28Cl2N4O2. The van der Waals surface area contributed by atoms with E-state index in [1.54, 1.807) is 23.1 Å². The minimum absolute atomic E-state index is 0.159. The number of rotatable bonds is 8. The molecule has 186 valence electrons. The third-order valence-electron chi connectivity index (χ3n) is 5.96. The van der Waals surface area contributed by atoms with Gasteiger partial charge in [0.15, 0.2) is 0 Å². The van der Waals surface area contributed by atoms with Crippen LogP contribution in [-0.4, -0.2) is 55.8 Å². The maximum absolute atomic E-state index is 13.7. The van der Waals surface area contributed by atoms with E-state index in [1.165, 1.54) is 0 Å². The monoisotopic (exact) mass is 522 g/mol. The van der Waals surface area contributed by atoms with E-state index in [2.05, 4.69) is 5.32 Å². The predicted octanol–water partition coefficient (Wildman–Crippen LogP) is 4.81. The van der Waals surface area contributed by atoms with Crippen LogP contribution in [0.15, 0.2) is 77.8 Å². The van der Waals surface area contributed by atoms with Gasteiger partial charge in [-0.25, -0.2) is 4.99 Å². The van der Waals surface area contributed by atoms with E-state index in [0.29, 0.717) is 35.3 Å². The van der Waals surface area contributed by atoms with Gasteiger partial charge in [-0.15, -0.1) is 0 Å². The molecule has 0 aromatic heterocycles. The molecule has 2 amide bonds. The number of benzodiazepines with no additional fused rings is 1. The van der Waals surface area contributed by atoms with Crippen LogP contribution in [0.5, 0.6) is 0 Å². The molecule has 1 atom stereocenters. The molecule has 6 nitrogen and oxygen atoms in total. The van der Waals surface area contributed by atoms with Gasteiger partial charge in [0, 0.05) is 40.7 Å². The van der Waals surface area contributed by atoms with Crippen molar-refractivity contribution in [2.45, 2.75) is 19.0 Å². The molecule has 1 aliphatic rings. The van der Waals surface area contributed by atoms with Gasteiger partial charge in [0.2, 0.25) is 12.1 Å². The molecule has 1 N–H and O–H groups in total. The molecule has 3 aromatic rings. The number of anilines is 1. The topological polar surface area (TPSA) is 65.0 Å². The van der Waals surface area contributed by atoms with E-state index in [0.717, 1.165) is 22.4 Å². The third kappa shape index (κ3) is 6.13. The molecule has 0 saturated carbocycles. The summed E-state index contributed by atoms with van der Waals surface area (Å²) in [6.07, 6.45) is -0.475. The second kappa shape index (κ2) is 11.7. The van der Waals surface area contributed by atoms with Gasteiger partial charge < -0.3 is 15.1 Å². The number of halogens is 2. The van der Waals surface area contributed by atoms with E-state index in [-0.39, 0.29) is 18.2 Å². The normalized spacial score (nSPS) is 15.4. The Morgan fingerprint density at radius 1 is 1.03 bits per heavy atom. The van der Waals surface area contributed by atoms with Crippen LogP contribution in [-0.2, 0) is 16.0 Å². The molecule has 0 spiro atoms. The second-order valence-corrected chi connectivity index (χ2v) is 9.70. The predicted molar refractivity (Wildman–Crippen MR) is 146 cm³/mol. The van der Waals surface area contributed by atoms with Gasteiger partial charge in [-0.1, -0.05) is 77.8 Å². The maximum atomic E-state index is 13.7. The van der Waals surface area contributed by atoms with Crippen molar-refractivity contribution >= 4 is 46.4 Å². The van der Waals surface area contributed by atoms with Crippen LogP contribution in [0.2, 0.25) is 10.0 Å². The van der Waals surface area contributed by atoms with Crippen molar-refractivity contribution < 1.29 is 9.59 Å². The Morgan fingerprint density at radius 2 is 1.75 bits per heavy atom. The summed E-state index contributed by atoms with van der Waals surface area (Å²) in [6.45, 7) is 1.13. The first-order valence-corrected chi connectivity index (χ1v) is 12.5. The Kier molecular flexibility index (Phi) is 8.41. The van der Waals surface area contributed by atoms with Crippen molar-refractivity contribution in [2.24, 2.45) is 4.99 Å². The van der Waals surface area contributed by atoms with Crippen molar-refractivity contribution in [3.63, 3.8) is 0 Å². The van der Waals surface area contributed by atoms with Crippen LogP contribution in [0.3, 0.4) is 0 Å². The molecule has 0 unspecified atom stereocenters. The molecule has 4 rings (SSSR count). The van der Waals surface area contributed by atoms with E-state index in [4.69, 9.17) is 28.2 Å². The number of aryl methyl sites for hydroxylation is 1. The average molecular weight is 523 g/mol. The van der Waals surface area contributed by atoms with Gasteiger partial charge in [0.25, 0.3) is 5.91 Å². The first-order valence-electron chi connectivity index (χ1n) is 11.8. The van der Waals surface area contributed by atoms with Crippen molar-refractivity contribution in [3.8, 4) is 0 Å². The van der Waals surface area contributed by atoms with E-state index >= 15 is 0 Å². The second-order valence-electron chi connectivity index (χ2n) is 8.86. The standard InChI is InChI=1S/C28H28Cl2N4O2/c1-33(2)16-17-34-24-11-7-6-10-22(24)26(20-8-4-3-5-9-20)32-27(28(34)36)31-25(35)15-13-19-12-14-21(29)18-23(19)30/h3-12,14,18,27H,13,15-17H2,1-2H3,(H,31,35)/t27-/m0/s1. The summed E-state index contributed by atoms with van der Waals surface area (Å²) in [7, 11) is 3.92.